The van der Waals surface area contributed by atoms with Crippen molar-refractivity contribution >= 4 is 0 Å². The van der Waals surface area contributed by atoms with Gasteiger partial charge < -0.3 is 5.32 Å². The summed E-state index contributed by atoms with van der Waals surface area (Å²) in [6.45, 7) is 11.7. The predicted octanol–water partition coefficient (Wildman–Crippen LogP) is 3.01. The molecule has 1 aromatic rings. The molecule has 1 heterocycles. The molecule has 1 N–H and O–H groups in total. The standard InChI is InChI=1S/C13H22N2/c1-9(2)13-7-6-12(11(5)15-13)8-14-10(3)4/h6-7,9-10,14H,8H2,1-5H3. The van der Waals surface area contributed by atoms with Gasteiger partial charge in [0, 0.05) is 24.0 Å². The molecule has 0 unspecified atom stereocenters. The van der Waals surface area contributed by atoms with Gasteiger partial charge in [0.05, 0.1) is 0 Å². The van der Waals surface area contributed by atoms with Gasteiger partial charge >= 0.3 is 0 Å². The summed E-state index contributed by atoms with van der Waals surface area (Å²) in [6, 6.07) is 4.84. The summed E-state index contributed by atoms with van der Waals surface area (Å²) < 4.78 is 0. The van der Waals surface area contributed by atoms with E-state index in [4.69, 9.17) is 0 Å². The van der Waals surface area contributed by atoms with Crippen LogP contribution in [0.3, 0.4) is 0 Å². The molecule has 0 fully saturated rings. The molecule has 1 aromatic heterocycles. The number of aryl methyl sites for hydroxylation is 1. The first-order valence-electron chi connectivity index (χ1n) is 5.70. The fourth-order valence-electron chi connectivity index (χ4n) is 1.43. The Bertz CT molecular complexity index is 316. The minimum atomic E-state index is 0.510. The first-order chi connectivity index (χ1) is 7.00. The Labute approximate surface area is 93.1 Å². The fraction of sp³-hybridized carbons (Fsp3) is 0.615. The highest BCUT2D eigenvalue weighted by atomic mass is 14.9. The molecular formula is C13H22N2. The third-order valence-corrected chi connectivity index (χ3v) is 2.51. The van der Waals surface area contributed by atoms with Crippen molar-refractivity contribution in [1.29, 1.82) is 0 Å². The molecule has 84 valence electrons. The van der Waals surface area contributed by atoms with Gasteiger partial charge in [-0.25, -0.2) is 0 Å². The van der Waals surface area contributed by atoms with Crippen LogP contribution in [-0.4, -0.2) is 11.0 Å². The van der Waals surface area contributed by atoms with Gasteiger partial charge in [-0.1, -0.05) is 33.8 Å². The topological polar surface area (TPSA) is 24.9 Å². The largest absolute Gasteiger partial charge is 0.310 e. The number of nitrogens with zero attached hydrogens (tertiary/aromatic N) is 1. The highest BCUT2D eigenvalue weighted by Crippen LogP contribution is 2.14. The molecule has 0 aromatic carbocycles. The van der Waals surface area contributed by atoms with E-state index in [9.17, 15) is 0 Å². The molecule has 0 atom stereocenters. The van der Waals surface area contributed by atoms with Crippen LogP contribution in [0.5, 0.6) is 0 Å². The average Bonchev–Trinajstić information content (AvgIpc) is 2.15. The molecule has 0 radical (unpaired) electrons. The van der Waals surface area contributed by atoms with E-state index >= 15 is 0 Å². The van der Waals surface area contributed by atoms with E-state index in [-0.39, 0.29) is 0 Å². The fourth-order valence-corrected chi connectivity index (χ4v) is 1.43. The van der Waals surface area contributed by atoms with E-state index in [0.29, 0.717) is 12.0 Å². The second kappa shape index (κ2) is 5.26. The van der Waals surface area contributed by atoms with Gasteiger partial charge in [-0.05, 0) is 24.5 Å². The lowest BCUT2D eigenvalue weighted by Gasteiger charge is -2.12. The number of rotatable bonds is 4. The van der Waals surface area contributed by atoms with Crippen molar-refractivity contribution in [2.45, 2.75) is 53.1 Å². The van der Waals surface area contributed by atoms with Crippen molar-refractivity contribution in [3.05, 3.63) is 29.1 Å². The van der Waals surface area contributed by atoms with E-state index in [2.05, 4.69) is 57.1 Å². The number of pyridine rings is 1. The number of hydrogen-bond acceptors (Lipinski definition) is 2. The van der Waals surface area contributed by atoms with E-state index in [0.717, 1.165) is 12.2 Å². The smallest absolute Gasteiger partial charge is 0.0432 e. The molecule has 0 bridgehead atoms. The highest BCUT2D eigenvalue weighted by molar-refractivity contribution is 5.23. The lowest BCUT2D eigenvalue weighted by atomic mass is 10.1. The molecule has 1 rings (SSSR count). The third-order valence-electron chi connectivity index (χ3n) is 2.51. The van der Waals surface area contributed by atoms with Crippen molar-refractivity contribution in [3.8, 4) is 0 Å². The molecule has 0 saturated carbocycles. The van der Waals surface area contributed by atoms with Gasteiger partial charge in [0.2, 0.25) is 0 Å². The molecule has 0 aliphatic carbocycles. The second-order valence-corrected chi connectivity index (χ2v) is 4.67. The minimum Gasteiger partial charge on any atom is -0.310 e. The number of aromatic nitrogens is 1. The Morgan fingerprint density at radius 3 is 2.33 bits per heavy atom. The third kappa shape index (κ3) is 3.63. The molecule has 15 heavy (non-hydrogen) atoms. The molecule has 2 heteroatoms. The molecule has 0 spiro atoms. The number of hydrogen-bond donors (Lipinski definition) is 1. The first kappa shape index (κ1) is 12.2. The maximum Gasteiger partial charge on any atom is 0.0432 e. The van der Waals surface area contributed by atoms with Crippen molar-refractivity contribution in [1.82, 2.24) is 10.3 Å². The van der Waals surface area contributed by atoms with E-state index < -0.39 is 0 Å². The summed E-state index contributed by atoms with van der Waals surface area (Å²) in [7, 11) is 0. The zero-order valence-corrected chi connectivity index (χ0v) is 10.5. The van der Waals surface area contributed by atoms with Gasteiger partial charge in [0.25, 0.3) is 0 Å². The maximum absolute atomic E-state index is 4.61. The van der Waals surface area contributed by atoms with Gasteiger partial charge in [-0.3, -0.25) is 4.98 Å². The SMILES string of the molecule is Cc1nc(C(C)C)ccc1CNC(C)C. The Balaban J connectivity index is 2.75. The molecule has 0 saturated heterocycles. The van der Waals surface area contributed by atoms with Crippen molar-refractivity contribution in [3.63, 3.8) is 0 Å². The van der Waals surface area contributed by atoms with Crippen LogP contribution >= 0.6 is 0 Å². The molecular weight excluding hydrogens is 184 g/mol. The van der Waals surface area contributed by atoms with Crippen LogP contribution < -0.4 is 5.32 Å². The highest BCUT2D eigenvalue weighted by Gasteiger charge is 2.05. The zero-order valence-electron chi connectivity index (χ0n) is 10.5. The van der Waals surface area contributed by atoms with Gasteiger partial charge in [0.15, 0.2) is 0 Å². The molecule has 0 aliphatic heterocycles. The normalized spacial score (nSPS) is 11.4. The monoisotopic (exact) mass is 206 g/mol. The summed E-state index contributed by atoms with van der Waals surface area (Å²) in [5, 5.41) is 3.41. The summed E-state index contributed by atoms with van der Waals surface area (Å²) in [5.74, 6) is 0.510. The first-order valence-corrected chi connectivity index (χ1v) is 5.70. The zero-order chi connectivity index (χ0) is 11.4. The van der Waals surface area contributed by atoms with Crippen LogP contribution in [0, 0.1) is 6.92 Å². The lowest BCUT2D eigenvalue weighted by molar-refractivity contribution is 0.585. The minimum absolute atomic E-state index is 0.510. The van der Waals surface area contributed by atoms with Gasteiger partial charge in [0.1, 0.15) is 0 Å². The predicted molar refractivity (Wildman–Crippen MR) is 65.0 cm³/mol. The van der Waals surface area contributed by atoms with Crippen LogP contribution in [0.15, 0.2) is 12.1 Å². The van der Waals surface area contributed by atoms with E-state index in [1.165, 1.54) is 11.3 Å². The summed E-state index contributed by atoms with van der Waals surface area (Å²) >= 11 is 0. The quantitative estimate of drug-likeness (QED) is 0.819. The Morgan fingerprint density at radius 1 is 1.20 bits per heavy atom. The Morgan fingerprint density at radius 2 is 1.87 bits per heavy atom. The summed E-state index contributed by atoms with van der Waals surface area (Å²) in [6.07, 6.45) is 0. The van der Waals surface area contributed by atoms with Crippen molar-refractivity contribution in [2.75, 3.05) is 0 Å². The van der Waals surface area contributed by atoms with Gasteiger partial charge in [-0.2, -0.15) is 0 Å². The Hall–Kier alpha value is -0.890. The van der Waals surface area contributed by atoms with Crippen LogP contribution in [-0.2, 0) is 6.54 Å². The van der Waals surface area contributed by atoms with Crippen LogP contribution in [0.25, 0.3) is 0 Å². The van der Waals surface area contributed by atoms with Crippen LogP contribution in [0.1, 0.15) is 50.6 Å². The van der Waals surface area contributed by atoms with E-state index in [1.54, 1.807) is 0 Å². The molecule has 2 nitrogen and oxygen atoms in total. The van der Waals surface area contributed by atoms with E-state index in [1.807, 2.05) is 0 Å². The van der Waals surface area contributed by atoms with Crippen LogP contribution in [0.4, 0.5) is 0 Å². The van der Waals surface area contributed by atoms with Gasteiger partial charge in [-0.15, -0.1) is 0 Å². The Kier molecular flexibility index (Phi) is 4.28. The van der Waals surface area contributed by atoms with Crippen LogP contribution in [0.2, 0.25) is 0 Å². The average molecular weight is 206 g/mol. The number of nitrogens with one attached hydrogen (secondary N) is 1. The van der Waals surface area contributed by atoms with Crippen molar-refractivity contribution in [2.24, 2.45) is 0 Å². The second-order valence-electron chi connectivity index (χ2n) is 4.67. The molecule has 0 amide bonds. The lowest BCUT2D eigenvalue weighted by Crippen LogP contribution is -2.22. The van der Waals surface area contributed by atoms with Crippen molar-refractivity contribution < 1.29 is 0 Å². The maximum atomic E-state index is 4.61. The summed E-state index contributed by atoms with van der Waals surface area (Å²) in [5.41, 5.74) is 3.63. The summed E-state index contributed by atoms with van der Waals surface area (Å²) in [4.78, 5) is 4.61. The molecule has 0 aliphatic rings.